The van der Waals surface area contributed by atoms with Crippen molar-refractivity contribution >= 4 is 5.97 Å². The van der Waals surface area contributed by atoms with Crippen LogP contribution in [0, 0.1) is 12.7 Å². The minimum Gasteiger partial charge on any atom is -0.480 e. The lowest BCUT2D eigenvalue weighted by Gasteiger charge is -2.12. The molecule has 1 N–H and O–H groups in total. The third-order valence-electron chi connectivity index (χ3n) is 2.56. The lowest BCUT2D eigenvalue weighted by Crippen LogP contribution is -2.23. The Kier molecular flexibility index (Phi) is 3.31. The fourth-order valence-electron chi connectivity index (χ4n) is 1.69. The lowest BCUT2D eigenvalue weighted by atomic mass is 10.1. The largest absolute Gasteiger partial charge is 0.480 e. The summed E-state index contributed by atoms with van der Waals surface area (Å²) in [6.45, 7) is 1.61. The highest BCUT2D eigenvalue weighted by Crippen LogP contribution is 2.15. The summed E-state index contributed by atoms with van der Waals surface area (Å²) in [7, 11) is 0. The van der Waals surface area contributed by atoms with Crippen LogP contribution in [0.5, 0.6) is 0 Å². The molecule has 0 aliphatic heterocycles. The van der Waals surface area contributed by atoms with E-state index in [4.69, 9.17) is 0 Å². The number of hydrogen-bond donors (Lipinski definition) is 1. The van der Waals surface area contributed by atoms with E-state index in [1.165, 1.54) is 22.9 Å². The summed E-state index contributed by atoms with van der Waals surface area (Å²) in [5.74, 6) is -1.06. The molecule has 1 heterocycles. The van der Waals surface area contributed by atoms with Gasteiger partial charge in [-0.1, -0.05) is 12.1 Å². The number of halogens is 1. The average molecular weight is 250 g/mol. The van der Waals surface area contributed by atoms with Gasteiger partial charge < -0.3 is 5.11 Å². The third kappa shape index (κ3) is 2.50. The Bertz CT molecular complexity index is 570. The molecule has 7 heteroatoms. The van der Waals surface area contributed by atoms with Gasteiger partial charge in [-0.05, 0) is 35.0 Å². The summed E-state index contributed by atoms with van der Waals surface area (Å²) in [6, 6.07) is 4.87. The molecule has 0 aliphatic rings. The first-order valence-electron chi connectivity index (χ1n) is 5.29. The highest BCUT2D eigenvalue weighted by atomic mass is 19.1. The number of benzene rings is 1. The van der Waals surface area contributed by atoms with Crippen molar-refractivity contribution in [2.75, 3.05) is 0 Å². The fourth-order valence-corrected chi connectivity index (χ4v) is 1.69. The second kappa shape index (κ2) is 4.91. The maximum absolute atomic E-state index is 13.0. The van der Waals surface area contributed by atoms with Gasteiger partial charge in [0.1, 0.15) is 11.6 Å². The second-order valence-electron chi connectivity index (χ2n) is 3.86. The normalized spacial score (nSPS) is 12.3. The molecular weight excluding hydrogens is 239 g/mol. The summed E-state index contributed by atoms with van der Waals surface area (Å²) in [4.78, 5) is 11.2. The minimum absolute atomic E-state index is 0.124. The van der Waals surface area contributed by atoms with E-state index in [1.807, 2.05) is 0 Å². The maximum Gasteiger partial charge on any atom is 0.328 e. The van der Waals surface area contributed by atoms with Gasteiger partial charge >= 0.3 is 5.97 Å². The summed E-state index contributed by atoms with van der Waals surface area (Å²) >= 11 is 0. The van der Waals surface area contributed by atoms with Gasteiger partial charge in [0.05, 0.1) is 0 Å². The van der Waals surface area contributed by atoms with Crippen LogP contribution < -0.4 is 0 Å². The van der Waals surface area contributed by atoms with E-state index in [0.29, 0.717) is 11.4 Å². The van der Waals surface area contributed by atoms with E-state index < -0.39 is 17.8 Å². The smallest absolute Gasteiger partial charge is 0.328 e. The van der Waals surface area contributed by atoms with Crippen LogP contribution in [0.2, 0.25) is 0 Å². The molecule has 1 aromatic heterocycles. The van der Waals surface area contributed by atoms with E-state index in [9.17, 15) is 14.3 Å². The monoisotopic (exact) mass is 250 g/mol. The predicted octanol–water partition coefficient (Wildman–Crippen LogP) is 0.989. The van der Waals surface area contributed by atoms with Gasteiger partial charge in [0.25, 0.3) is 0 Å². The zero-order valence-corrected chi connectivity index (χ0v) is 9.62. The van der Waals surface area contributed by atoms with E-state index in [0.717, 1.165) is 0 Å². The molecule has 2 rings (SSSR count). The van der Waals surface area contributed by atoms with Crippen molar-refractivity contribution in [3.05, 3.63) is 41.5 Å². The molecular formula is C11H11FN4O2. The Morgan fingerprint density at radius 2 is 2.33 bits per heavy atom. The van der Waals surface area contributed by atoms with Crippen LogP contribution in [0.1, 0.15) is 17.4 Å². The molecule has 0 fully saturated rings. The molecule has 0 spiro atoms. The van der Waals surface area contributed by atoms with Crippen molar-refractivity contribution in [2.45, 2.75) is 19.4 Å². The maximum atomic E-state index is 13.0. The molecule has 0 saturated heterocycles. The van der Waals surface area contributed by atoms with Crippen LogP contribution in [-0.4, -0.2) is 31.3 Å². The van der Waals surface area contributed by atoms with Crippen LogP contribution >= 0.6 is 0 Å². The van der Waals surface area contributed by atoms with E-state index in [1.54, 1.807) is 13.0 Å². The van der Waals surface area contributed by atoms with E-state index in [-0.39, 0.29) is 6.42 Å². The standard InChI is InChI=1S/C11H11FN4O2/c1-7-13-14-15-16(7)10(11(17)18)6-8-3-2-4-9(12)5-8/h2-5,10H,6H2,1H3,(H,17,18). The van der Waals surface area contributed by atoms with Crippen LogP contribution in [0.25, 0.3) is 0 Å². The number of nitrogens with zero attached hydrogens (tertiary/aromatic N) is 4. The second-order valence-corrected chi connectivity index (χ2v) is 3.86. The Morgan fingerprint density at radius 1 is 1.56 bits per heavy atom. The van der Waals surface area contributed by atoms with Gasteiger partial charge in [-0.15, -0.1) is 5.10 Å². The number of carboxylic acid groups (broad SMARTS) is 1. The highest BCUT2D eigenvalue weighted by Gasteiger charge is 2.23. The molecule has 0 amide bonds. The lowest BCUT2D eigenvalue weighted by molar-refractivity contribution is -0.141. The molecule has 1 unspecified atom stereocenters. The molecule has 1 aromatic carbocycles. The van der Waals surface area contributed by atoms with Crippen molar-refractivity contribution in [1.29, 1.82) is 0 Å². The molecule has 1 atom stereocenters. The van der Waals surface area contributed by atoms with Crippen LogP contribution in [-0.2, 0) is 11.2 Å². The van der Waals surface area contributed by atoms with Gasteiger partial charge in [-0.25, -0.2) is 13.9 Å². The number of aryl methyl sites for hydroxylation is 1. The van der Waals surface area contributed by atoms with E-state index >= 15 is 0 Å². The quantitative estimate of drug-likeness (QED) is 0.875. The summed E-state index contributed by atoms with van der Waals surface area (Å²) in [5.41, 5.74) is 0.581. The Balaban J connectivity index is 2.28. The number of rotatable bonds is 4. The number of tetrazole rings is 1. The molecule has 94 valence electrons. The summed E-state index contributed by atoms with van der Waals surface area (Å²) in [5, 5.41) is 19.9. The summed E-state index contributed by atoms with van der Waals surface area (Å²) in [6.07, 6.45) is 0.124. The van der Waals surface area contributed by atoms with E-state index in [2.05, 4.69) is 15.5 Å². The van der Waals surface area contributed by atoms with Crippen molar-refractivity contribution < 1.29 is 14.3 Å². The minimum atomic E-state index is -1.06. The molecule has 18 heavy (non-hydrogen) atoms. The van der Waals surface area contributed by atoms with Gasteiger partial charge in [0.2, 0.25) is 0 Å². The number of hydrogen-bond acceptors (Lipinski definition) is 4. The van der Waals surface area contributed by atoms with Crippen LogP contribution in [0.15, 0.2) is 24.3 Å². The number of aromatic nitrogens is 4. The Morgan fingerprint density at radius 3 is 2.89 bits per heavy atom. The first-order valence-corrected chi connectivity index (χ1v) is 5.29. The fraction of sp³-hybridized carbons (Fsp3) is 0.273. The Hall–Kier alpha value is -2.31. The highest BCUT2D eigenvalue weighted by molar-refractivity contribution is 5.72. The molecule has 0 bridgehead atoms. The van der Waals surface area contributed by atoms with Crippen molar-refractivity contribution in [1.82, 2.24) is 20.2 Å². The molecule has 0 radical (unpaired) electrons. The predicted molar refractivity (Wildman–Crippen MR) is 59.3 cm³/mol. The topological polar surface area (TPSA) is 80.9 Å². The van der Waals surface area contributed by atoms with Gasteiger partial charge in [-0.3, -0.25) is 0 Å². The summed E-state index contributed by atoms with van der Waals surface area (Å²) < 4.78 is 14.3. The first-order chi connectivity index (χ1) is 8.58. The average Bonchev–Trinajstić information content (AvgIpc) is 2.72. The number of carbonyl (C=O) groups is 1. The third-order valence-corrected chi connectivity index (χ3v) is 2.56. The van der Waals surface area contributed by atoms with Gasteiger partial charge in [0.15, 0.2) is 6.04 Å². The first kappa shape index (κ1) is 12.2. The van der Waals surface area contributed by atoms with Crippen molar-refractivity contribution in [3.8, 4) is 0 Å². The molecule has 2 aromatic rings. The van der Waals surface area contributed by atoms with Crippen LogP contribution in [0.3, 0.4) is 0 Å². The van der Waals surface area contributed by atoms with Gasteiger partial charge in [-0.2, -0.15) is 0 Å². The zero-order chi connectivity index (χ0) is 13.1. The van der Waals surface area contributed by atoms with Crippen molar-refractivity contribution in [2.24, 2.45) is 0 Å². The number of aliphatic carboxylic acids is 1. The molecule has 0 saturated carbocycles. The Labute approximate surface area is 102 Å². The molecule has 6 nitrogen and oxygen atoms in total. The zero-order valence-electron chi connectivity index (χ0n) is 9.62. The van der Waals surface area contributed by atoms with Crippen molar-refractivity contribution in [3.63, 3.8) is 0 Å². The number of carboxylic acids is 1. The molecule has 0 aliphatic carbocycles. The SMILES string of the molecule is Cc1nnnn1C(Cc1cccc(F)c1)C(=O)O. The van der Waals surface area contributed by atoms with Gasteiger partial charge in [0, 0.05) is 6.42 Å². The van der Waals surface area contributed by atoms with Crippen LogP contribution in [0.4, 0.5) is 4.39 Å².